The van der Waals surface area contributed by atoms with Gasteiger partial charge in [0, 0.05) is 5.56 Å². The maximum absolute atomic E-state index is 11.8. The molecule has 18 heavy (non-hydrogen) atoms. The molecule has 0 aliphatic carbocycles. The van der Waals surface area contributed by atoms with E-state index in [1.54, 1.807) is 19.5 Å². The molecule has 0 unspecified atom stereocenters. The standard InChI is InChI=1S/C13H13N3O2/c1-18-12-5-3-2-4-10(12)6-13(17)16-11-7-14-9-15-8-11/h2-5,7-9H,6H2,1H3,(H,16,17). The minimum atomic E-state index is -0.130. The third kappa shape index (κ3) is 3.04. The van der Waals surface area contributed by atoms with Gasteiger partial charge in [0.15, 0.2) is 0 Å². The maximum Gasteiger partial charge on any atom is 0.229 e. The van der Waals surface area contributed by atoms with Crippen LogP contribution in [0.3, 0.4) is 0 Å². The first kappa shape index (κ1) is 12.0. The summed E-state index contributed by atoms with van der Waals surface area (Å²) in [5.74, 6) is 0.575. The van der Waals surface area contributed by atoms with Crippen LogP contribution < -0.4 is 10.1 Å². The van der Waals surface area contributed by atoms with Gasteiger partial charge in [-0.1, -0.05) is 18.2 Å². The lowest BCUT2D eigenvalue weighted by Gasteiger charge is -2.08. The summed E-state index contributed by atoms with van der Waals surface area (Å²) in [5, 5.41) is 2.72. The van der Waals surface area contributed by atoms with E-state index in [4.69, 9.17) is 4.74 Å². The highest BCUT2D eigenvalue weighted by Crippen LogP contribution is 2.18. The molecule has 0 bridgehead atoms. The smallest absolute Gasteiger partial charge is 0.229 e. The van der Waals surface area contributed by atoms with Crippen LogP contribution in [0.4, 0.5) is 5.69 Å². The molecule has 0 aliphatic rings. The first-order valence-corrected chi connectivity index (χ1v) is 5.46. The number of anilines is 1. The lowest BCUT2D eigenvalue weighted by Crippen LogP contribution is -2.15. The zero-order valence-corrected chi connectivity index (χ0v) is 9.96. The highest BCUT2D eigenvalue weighted by Gasteiger charge is 2.08. The number of para-hydroxylation sites is 1. The van der Waals surface area contributed by atoms with Gasteiger partial charge in [0.05, 0.1) is 31.6 Å². The zero-order chi connectivity index (χ0) is 12.8. The number of benzene rings is 1. The summed E-state index contributed by atoms with van der Waals surface area (Å²) in [5.41, 5.74) is 1.42. The third-order valence-corrected chi connectivity index (χ3v) is 2.39. The van der Waals surface area contributed by atoms with Crippen molar-refractivity contribution in [2.24, 2.45) is 0 Å². The van der Waals surface area contributed by atoms with E-state index in [1.807, 2.05) is 24.3 Å². The van der Waals surface area contributed by atoms with Crippen LogP contribution in [0.2, 0.25) is 0 Å². The Hall–Kier alpha value is -2.43. The molecule has 2 aromatic rings. The predicted octanol–water partition coefficient (Wildman–Crippen LogP) is 1.67. The number of nitrogens with zero attached hydrogens (tertiary/aromatic N) is 2. The fraction of sp³-hybridized carbons (Fsp3) is 0.154. The number of methoxy groups -OCH3 is 1. The van der Waals surface area contributed by atoms with E-state index in [2.05, 4.69) is 15.3 Å². The highest BCUT2D eigenvalue weighted by molar-refractivity contribution is 5.92. The van der Waals surface area contributed by atoms with Crippen molar-refractivity contribution >= 4 is 11.6 Å². The molecule has 0 radical (unpaired) electrons. The van der Waals surface area contributed by atoms with E-state index < -0.39 is 0 Å². The number of hydrogen-bond acceptors (Lipinski definition) is 4. The molecule has 1 aromatic carbocycles. The Balaban J connectivity index is 2.03. The molecule has 0 saturated heterocycles. The van der Waals surface area contributed by atoms with Crippen molar-refractivity contribution in [1.82, 2.24) is 9.97 Å². The molecule has 1 amide bonds. The Bertz CT molecular complexity index is 529. The average Bonchev–Trinajstić information content (AvgIpc) is 2.40. The molecule has 92 valence electrons. The topological polar surface area (TPSA) is 64.1 Å². The SMILES string of the molecule is COc1ccccc1CC(=O)Nc1cncnc1. The molecule has 0 atom stereocenters. The summed E-state index contributed by atoms with van der Waals surface area (Å²) in [4.78, 5) is 19.5. The Labute approximate surface area is 105 Å². The van der Waals surface area contributed by atoms with Crippen molar-refractivity contribution in [3.05, 3.63) is 48.5 Å². The minimum Gasteiger partial charge on any atom is -0.496 e. The van der Waals surface area contributed by atoms with Crippen molar-refractivity contribution in [3.8, 4) is 5.75 Å². The number of hydrogen-bond donors (Lipinski definition) is 1. The number of ether oxygens (including phenoxy) is 1. The van der Waals surface area contributed by atoms with Crippen molar-refractivity contribution in [2.75, 3.05) is 12.4 Å². The quantitative estimate of drug-likeness (QED) is 0.887. The summed E-state index contributed by atoms with van der Waals surface area (Å²) in [7, 11) is 1.59. The zero-order valence-electron chi connectivity index (χ0n) is 9.96. The third-order valence-electron chi connectivity index (χ3n) is 2.39. The summed E-state index contributed by atoms with van der Waals surface area (Å²) in [6, 6.07) is 7.43. The second kappa shape index (κ2) is 5.77. The van der Waals surface area contributed by atoms with Crippen LogP contribution in [0, 0.1) is 0 Å². The average molecular weight is 243 g/mol. The van der Waals surface area contributed by atoms with E-state index in [0.29, 0.717) is 11.4 Å². The van der Waals surface area contributed by atoms with Gasteiger partial charge < -0.3 is 10.1 Å². The Morgan fingerprint density at radius 1 is 1.28 bits per heavy atom. The molecule has 1 N–H and O–H groups in total. The normalized spacial score (nSPS) is 9.83. The minimum absolute atomic E-state index is 0.130. The van der Waals surface area contributed by atoms with Gasteiger partial charge in [0.25, 0.3) is 0 Å². The van der Waals surface area contributed by atoms with Gasteiger partial charge in [-0.25, -0.2) is 9.97 Å². The second-order valence-corrected chi connectivity index (χ2v) is 3.66. The van der Waals surface area contributed by atoms with Crippen LogP contribution in [-0.4, -0.2) is 23.0 Å². The van der Waals surface area contributed by atoms with E-state index in [-0.39, 0.29) is 12.3 Å². The monoisotopic (exact) mass is 243 g/mol. The van der Waals surface area contributed by atoms with Gasteiger partial charge in [0.1, 0.15) is 12.1 Å². The Morgan fingerprint density at radius 2 is 2.00 bits per heavy atom. The van der Waals surface area contributed by atoms with Gasteiger partial charge in [-0.15, -0.1) is 0 Å². The van der Waals surface area contributed by atoms with Crippen LogP contribution in [0.15, 0.2) is 43.0 Å². The van der Waals surface area contributed by atoms with Crippen molar-refractivity contribution in [3.63, 3.8) is 0 Å². The molecule has 0 spiro atoms. The summed E-state index contributed by atoms with van der Waals surface area (Å²) >= 11 is 0. The predicted molar refractivity (Wildman–Crippen MR) is 67.4 cm³/mol. The maximum atomic E-state index is 11.8. The summed E-state index contributed by atoms with van der Waals surface area (Å²) < 4.78 is 5.19. The highest BCUT2D eigenvalue weighted by atomic mass is 16.5. The van der Waals surface area contributed by atoms with E-state index in [1.165, 1.54) is 6.33 Å². The number of aromatic nitrogens is 2. The molecular formula is C13H13N3O2. The molecule has 1 aromatic heterocycles. The van der Waals surface area contributed by atoms with Gasteiger partial charge in [-0.2, -0.15) is 0 Å². The molecule has 5 heteroatoms. The fourth-order valence-corrected chi connectivity index (χ4v) is 1.59. The molecule has 2 rings (SSSR count). The molecule has 0 saturated carbocycles. The van der Waals surface area contributed by atoms with Gasteiger partial charge in [0.2, 0.25) is 5.91 Å². The number of nitrogens with one attached hydrogen (secondary N) is 1. The summed E-state index contributed by atoms with van der Waals surface area (Å²) in [6.07, 6.45) is 4.76. The summed E-state index contributed by atoms with van der Waals surface area (Å²) in [6.45, 7) is 0. The van der Waals surface area contributed by atoms with Crippen molar-refractivity contribution < 1.29 is 9.53 Å². The Kier molecular flexibility index (Phi) is 3.86. The van der Waals surface area contributed by atoms with Crippen molar-refractivity contribution in [2.45, 2.75) is 6.42 Å². The molecule has 0 fully saturated rings. The molecular weight excluding hydrogens is 230 g/mol. The number of carbonyl (C=O) groups is 1. The fourth-order valence-electron chi connectivity index (χ4n) is 1.59. The lowest BCUT2D eigenvalue weighted by molar-refractivity contribution is -0.115. The largest absolute Gasteiger partial charge is 0.496 e. The van der Waals surface area contributed by atoms with Gasteiger partial charge in [-0.3, -0.25) is 4.79 Å². The number of rotatable bonds is 4. The van der Waals surface area contributed by atoms with Crippen LogP contribution in [-0.2, 0) is 11.2 Å². The van der Waals surface area contributed by atoms with Gasteiger partial charge in [-0.05, 0) is 6.07 Å². The van der Waals surface area contributed by atoms with Crippen LogP contribution in [0.1, 0.15) is 5.56 Å². The van der Waals surface area contributed by atoms with Gasteiger partial charge >= 0.3 is 0 Å². The van der Waals surface area contributed by atoms with E-state index >= 15 is 0 Å². The van der Waals surface area contributed by atoms with Crippen molar-refractivity contribution in [1.29, 1.82) is 0 Å². The molecule has 0 aliphatic heterocycles. The number of amides is 1. The molecule has 1 heterocycles. The van der Waals surface area contributed by atoms with Crippen LogP contribution >= 0.6 is 0 Å². The lowest BCUT2D eigenvalue weighted by atomic mass is 10.1. The van der Waals surface area contributed by atoms with E-state index in [0.717, 1.165) is 5.56 Å². The Morgan fingerprint density at radius 3 is 2.72 bits per heavy atom. The number of carbonyl (C=O) groups excluding carboxylic acids is 1. The second-order valence-electron chi connectivity index (χ2n) is 3.66. The van der Waals surface area contributed by atoms with Crippen LogP contribution in [0.25, 0.3) is 0 Å². The van der Waals surface area contributed by atoms with Crippen LogP contribution in [0.5, 0.6) is 5.75 Å². The van der Waals surface area contributed by atoms with E-state index in [9.17, 15) is 4.79 Å². The molecule has 5 nitrogen and oxygen atoms in total. The first-order valence-electron chi connectivity index (χ1n) is 5.46. The first-order chi connectivity index (χ1) is 8.79.